The van der Waals surface area contributed by atoms with E-state index < -0.39 is 42.7 Å². The fraction of sp³-hybridized carbons (Fsp3) is 0.348. The van der Waals surface area contributed by atoms with Crippen LogP contribution in [0.25, 0.3) is 11.0 Å². The molecule has 2 aliphatic heterocycles. The smallest absolute Gasteiger partial charge is 0.336 e. The molecule has 35 heavy (non-hydrogen) atoms. The van der Waals surface area contributed by atoms with Crippen LogP contribution in [-0.2, 0) is 15.0 Å². The minimum Gasteiger partial charge on any atom is -0.336 e. The van der Waals surface area contributed by atoms with Crippen molar-refractivity contribution < 1.29 is 27.6 Å². The maximum absolute atomic E-state index is 13.6. The number of rotatable bonds is 5. The highest BCUT2D eigenvalue weighted by molar-refractivity contribution is 6.33. The summed E-state index contributed by atoms with van der Waals surface area (Å²) in [6.45, 7) is -0.230. The van der Waals surface area contributed by atoms with Gasteiger partial charge in [0.2, 0.25) is 5.91 Å². The average molecular weight is 506 g/mol. The van der Waals surface area contributed by atoms with Gasteiger partial charge in [-0.05, 0) is 30.7 Å². The second-order valence-electron chi connectivity index (χ2n) is 8.74. The highest BCUT2D eigenvalue weighted by Gasteiger charge is 2.56. The van der Waals surface area contributed by atoms with E-state index in [0.717, 1.165) is 0 Å². The standard InChI is InChI=1S/C23H19ClF3N5O3/c24-14-2-1-3-18-19(14)22(21(35)32(18)11-13(33)6-7-23(25,26)27)8-9-31(12-22)20(34)16-5-4-15-17(29-16)10-28-30-15/h1-5,10H,6-9,11-12H2,(H,28,30). The Morgan fingerprint density at radius 1 is 1.20 bits per heavy atom. The first-order valence-electron chi connectivity index (χ1n) is 10.9. The van der Waals surface area contributed by atoms with Crippen LogP contribution in [-0.4, -0.2) is 63.5 Å². The summed E-state index contributed by atoms with van der Waals surface area (Å²) in [7, 11) is 0. The van der Waals surface area contributed by atoms with Crippen LogP contribution in [0.1, 0.15) is 35.3 Å². The monoisotopic (exact) mass is 505 g/mol. The molecule has 12 heteroatoms. The summed E-state index contributed by atoms with van der Waals surface area (Å²) in [6, 6.07) is 8.10. The number of carbonyl (C=O) groups is 3. The summed E-state index contributed by atoms with van der Waals surface area (Å²) in [5, 5.41) is 6.96. The van der Waals surface area contributed by atoms with Crippen LogP contribution in [0.3, 0.4) is 0 Å². The molecule has 0 bridgehead atoms. The van der Waals surface area contributed by atoms with Crippen LogP contribution in [0, 0.1) is 0 Å². The van der Waals surface area contributed by atoms with Crippen LogP contribution < -0.4 is 4.90 Å². The van der Waals surface area contributed by atoms with Gasteiger partial charge in [-0.3, -0.25) is 19.5 Å². The molecule has 1 unspecified atom stereocenters. The van der Waals surface area contributed by atoms with E-state index in [2.05, 4.69) is 15.2 Å². The van der Waals surface area contributed by atoms with Crippen molar-refractivity contribution in [2.75, 3.05) is 24.5 Å². The molecule has 4 heterocycles. The molecule has 2 aliphatic rings. The molecule has 1 atom stereocenters. The van der Waals surface area contributed by atoms with E-state index in [1.165, 1.54) is 16.0 Å². The summed E-state index contributed by atoms with van der Waals surface area (Å²) in [5.74, 6) is -1.53. The summed E-state index contributed by atoms with van der Waals surface area (Å²) >= 11 is 6.49. The number of hydrogen-bond acceptors (Lipinski definition) is 5. The molecule has 0 radical (unpaired) electrons. The Labute approximate surface area is 202 Å². The number of benzene rings is 1. The van der Waals surface area contributed by atoms with Gasteiger partial charge in [0.25, 0.3) is 5.91 Å². The third-order valence-corrected chi connectivity index (χ3v) is 6.82. The number of ketones is 1. The number of H-pyrrole nitrogens is 1. The maximum atomic E-state index is 13.6. The number of hydrogen-bond donors (Lipinski definition) is 1. The Morgan fingerprint density at radius 2 is 2.00 bits per heavy atom. The molecule has 1 fully saturated rings. The number of amides is 2. The number of nitrogens with zero attached hydrogens (tertiary/aromatic N) is 4. The Hall–Kier alpha value is -3.47. The van der Waals surface area contributed by atoms with Crippen LogP contribution in [0.5, 0.6) is 0 Å². The van der Waals surface area contributed by atoms with Crippen molar-refractivity contribution in [1.82, 2.24) is 20.1 Å². The van der Waals surface area contributed by atoms with Crippen molar-refractivity contribution in [3.63, 3.8) is 0 Å². The molecule has 0 saturated carbocycles. The van der Waals surface area contributed by atoms with Crippen molar-refractivity contribution in [2.45, 2.75) is 30.9 Å². The molecule has 8 nitrogen and oxygen atoms in total. The molecule has 2 aromatic heterocycles. The van der Waals surface area contributed by atoms with Crippen LogP contribution in [0.15, 0.2) is 36.5 Å². The molecule has 0 aliphatic carbocycles. The number of pyridine rings is 1. The molecule has 1 aromatic carbocycles. The average Bonchev–Trinajstić information content (AvgIpc) is 3.51. The molecular formula is C23H19ClF3N5O3. The van der Waals surface area contributed by atoms with Gasteiger partial charge in [-0.15, -0.1) is 0 Å². The second kappa shape index (κ2) is 8.33. The van der Waals surface area contributed by atoms with Crippen molar-refractivity contribution >= 4 is 45.9 Å². The Kier molecular flexibility index (Phi) is 5.54. The number of aromatic amines is 1. The van der Waals surface area contributed by atoms with E-state index in [9.17, 15) is 27.6 Å². The molecule has 2 amide bonds. The number of carbonyl (C=O) groups excluding carboxylic acids is 3. The summed E-state index contributed by atoms with van der Waals surface area (Å²) in [5.41, 5.74) is 1.09. The van der Waals surface area contributed by atoms with E-state index in [1.54, 1.807) is 30.3 Å². The third kappa shape index (κ3) is 4.03. The van der Waals surface area contributed by atoms with E-state index in [0.29, 0.717) is 27.3 Å². The van der Waals surface area contributed by atoms with Gasteiger partial charge in [-0.1, -0.05) is 17.7 Å². The minimum absolute atomic E-state index is 0.0136. The van der Waals surface area contributed by atoms with Crippen molar-refractivity contribution in [3.05, 3.63) is 52.8 Å². The van der Waals surface area contributed by atoms with Gasteiger partial charge in [0, 0.05) is 30.1 Å². The molecule has 5 rings (SSSR count). The zero-order chi connectivity index (χ0) is 25.0. The summed E-state index contributed by atoms with van der Waals surface area (Å²) in [4.78, 5) is 46.2. The first-order valence-corrected chi connectivity index (χ1v) is 11.3. The molecule has 182 valence electrons. The fourth-order valence-corrected chi connectivity index (χ4v) is 5.20. The van der Waals surface area contributed by atoms with Gasteiger partial charge in [-0.25, -0.2) is 4.98 Å². The molecule has 1 spiro atoms. The van der Waals surface area contributed by atoms with Gasteiger partial charge in [0.15, 0.2) is 5.78 Å². The first kappa shape index (κ1) is 23.3. The largest absolute Gasteiger partial charge is 0.389 e. The Balaban J connectivity index is 1.42. The number of likely N-dealkylation sites (tertiary alicyclic amines) is 1. The van der Waals surface area contributed by atoms with Gasteiger partial charge in [-0.2, -0.15) is 18.3 Å². The molecule has 3 aromatic rings. The molecule has 1 N–H and O–H groups in total. The Bertz CT molecular complexity index is 1360. The zero-order valence-corrected chi connectivity index (χ0v) is 19.0. The van der Waals surface area contributed by atoms with E-state index in [-0.39, 0.29) is 31.1 Å². The fourth-order valence-electron chi connectivity index (χ4n) is 4.85. The number of Topliss-reactive ketones (excluding diaryl/α,β-unsaturated/α-hetero) is 1. The number of fused-ring (bicyclic) bond motifs is 3. The van der Waals surface area contributed by atoms with Crippen molar-refractivity contribution in [1.29, 1.82) is 0 Å². The number of aromatic nitrogens is 3. The number of nitrogens with one attached hydrogen (secondary N) is 1. The summed E-state index contributed by atoms with van der Waals surface area (Å²) < 4.78 is 37.7. The zero-order valence-electron chi connectivity index (χ0n) is 18.2. The summed E-state index contributed by atoms with van der Waals surface area (Å²) in [6.07, 6.45) is -4.68. The Morgan fingerprint density at radius 3 is 2.77 bits per heavy atom. The lowest BCUT2D eigenvalue weighted by molar-refractivity contribution is -0.142. The highest BCUT2D eigenvalue weighted by Crippen LogP contribution is 2.50. The maximum Gasteiger partial charge on any atom is 0.389 e. The lowest BCUT2D eigenvalue weighted by Crippen LogP contribution is -2.45. The van der Waals surface area contributed by atoms with E-state index >= 15 is 0 Å². The van der Waals surface area contributed by atoms with Crippen LogP contribution in [0.4, 0.5) is 18.9 Å². The number of halogens is 4. The minimum atomic E-state index is -4.47. The normalized spacial score (nSPS) is 19.7. The van der Waals surface area contributed by atoms with Crippen LogP contribution >= 0.6 is 11.6 Å². The van der Waals surface area contributed by atoms with Crippen molar-refractivity contribution in [3.8, 4) is 0 Å². The lowest BCUT2D eigenvalue weighted by atomic mass is 9.81. The number of anilines is 1. The predicted octanol–water partition coefficient (Wildman–Crippen LogP) is 3.65. The topological polar surface area (TPSA) is 99.3 Å². The number of alkyl halides is 3. The lowest BCUT2D eigenvalue weighted by Gasteiger charge is -2.24. The van der Waals surface area contributed by atoms with Gasteiger partial charge < -0.3 is 9.80 Å². The third-order valence-electron chi connectivity index (χ3n) is 6.51. The predicted molar refractivity (Wildman–Crippen MR) is 120 cm³/mol. The van der Waals surface area contributed by atoms with E-state index in [1.807, 2.05) is 0 Å². The quantitative estimate of drug-likeness (QED) is 0.570. The van der Waals surface area contributed by atoms with Gasteiger partial charge in [0.05, 0.1) is 35.8 Å². The molecule has 1 saturated heterocycles. The van der Waals surface area contributed by atoms with Crippen molar-refractivity contribution in [2.24, 2.45) is 0 Å². The van der Waals surface area contributed by atoms with Gasteiger partial charge >= 0.3 is 6.18 Å². The van der Waals surface area contributed by atoms with E-state index in [4.69, 9.17) is 11.6 Å². The first-order chi connectivity index (χ1) is 16.6. The van der Waals surface area contributed by atoms with Crippen LogP contribution in [0.2, 0.25) is 5.02 Å². The second-order valence-corrected chi connectivity index (χ2v) is 9.14. The van der Waals surface area contributed by atoms with Gasteiger partial charge in [0.1, 0.15) is 11.2 Å². The molecular weight excluding hydrogens is 487 g/mol. The SMILES string of the molecule is O=C(CCC(F)(F)F)CN1C(=O)C2(CCN(C(=O)c3ccc4[nH]ncc4n3)C2)c2c(Cl)cccc21. The highest BCUT2D eigenvalue weighted by atomic mass is 35.5.